The highest BCUT2D eigenvalue weighted by atomic mass is 16.5. The smallest absolute Gasteiger partial charge is 0.253 e. The highest BCUT2D eigenvalue weighted by Gasteiger charge is 2.40. The molecule has 4 N–H and O–H groups in total. The maximum Gasteiger partial charge on any atom is 0.253 e. The maximum atomic E-state index is 11.9. The number of rotatable bonds is 4. The molecule has 0 bridgehead atoms. The standard InChI is InChI=1S/C15H21N3O2/c1-17-15(19)11-5-4-10(16)8-13(11)18-12-6-7-20-14(12)9-2-3-9/h4-5,8-9,12,14,18H,2-3,6-7,16H2,1H3,(H,17,19). The number of ether oxygens (including phenoxy) is 1. The molecule has 1 aromatic rings. The van der Waals surface area contributed by atoms with Gasteiger partial charge in [0, 0.05) is 25.0 Å². The van der Waals surface area contributed by atoms with Crippen molar-refractivity contribution < 1.29 is 9.53 Å². The van der Waals surface area contributed by atoms with Crippen molar-refractivity contribution in [2.45, 2.75) is 31.4 Å². The van der Waals surface area contributed by atoms with Crippen molar-refractivity contribution in [3.63, 3.8) is 0 Å². The van der Waals surface area contributed by atoms with E-state index in [1.165, 1.54) is 12.8 Å². The minimum absolute atomic E-state index is 0.102. The molecule has 2 fully saturated rings. The van der Waals surface area contributed by atoms with Gasteiger partial charge in [-0.1, -0.05) is 0 Å². The van der Waals surface area contributed by atoms with Crippen LogP contribution in [0.4, 0.5) is 11.4 Å². The molecule has 1 heterocycles. The van der Waals surface area contributed by atoms with Gasteiger partial charge < -0.3 is 21.1 Å². The second kappa shape index (κ2) is 5.32. The lowest BCUT2D eigenvalue weighted by molar-refractivity contribution is 0.0897. The van der Waals surface area contributed by atoms with Crippen molar-refractivity contribution >= 4 is 17.3 Å². The number of carbonyl (C=O) groups is 1. The average Bonchev–Trinajstić information content (AvgIpc) is 3.19. The molecule has 2 atom stereocenters. The number of nitrogens with two attached hydrogens (primary N) is 1. The quantitative estimate of drug-likeness (QED) is 0.730. The van der Waals surface area contributed by atoms with Crippen molar-refractivity contribution in [1.82, 2.24) is 5.32 Å². The van der Waals surface area contributed by atoms with Crippen molar-refractivity contribution in [3.8, 4) is 0 Å². The van der Waals surface area contributed by atoms with Crippen LogP contribution in [0.5, 0.6) is 0 Å². The van der Waals surface area contributed by atoms with Crippen LogP contribution in [0.2, 0.25) is 0 Å². The Hall–Kier alpha value is -1.75. The van der Waals surface area contributed by atoms with Crippen LogP contribution in [0, 0.1) is 5.92 Å². The van der Waals surface area contributed by atoms with Crippen LogP contribution in [0.15, 0.2) is 18.2 Å². The molecule has 0 aromatic heterocycles. The molecular formula is C15H21N3O2. The first-order valence-corrected chi connectivity index (χ1v) is 7.19. The number of benzene rings is 1. The van der Waals surface area contributed by atoms with Gasteiger partial charge in [-0.05, 0) is 43.4 Å². The van der Waals surface area contributed by atoms with E-state index in [2.05, 4.69) is 10.6 Å². The molecule has 3 rings (SSSR count). The lowest BCUT2D eigenvalue weighted by atomic mass is 10.0. The number of nitrogen functional groups attached to an aromatic ring is 1. The Labute approximate surface area is 118 Å². The molecule has 1 aromatic carbocycles. The van der Waals surface area contributed by atoms with Gasteiger partial charge in [-0.25, -0.2) is 0 Å². The number of anilines is 2. The second-order valence-corrected chi connectivity index (χ2v) is 5.60. The summed E-state index contributed by atoms with van der Waals surface area (Å²) < 4.78 is 5.82. The Morgan fingerprint density at radius 3 is 2.85 bits per heavy atom. The summed E-state index contributed by atoms with van der Waals surface area (Å²) in [5.41, 5.74) is 7.93. The first kappa shape index (κ1) is 13.2. The largest absolute Gasteiger partial charge is 0.399 e. The van der Waals surface area contributed by atoms with Gasteiger partial charge in [-0.2, -0.15) is 0 Å². The van der Waals surface area contributed by atoms with Gasteiger partial charge in [-0.3, -0.25) is 4.79 Å². The molecule has 5 nitrogen and oxygen atoms in total. The molecule has 5 heteroatoms. The Balaban J connectivity index is 1.81. The summed E-state index contributed by atoms with van der Waals surface area (Å²) in [6.45, 7) is 0.788. The number of nitrogens with one attached hydrogen (secondary N) is 2. The maximum absolute atomic E-state index is 11.9. The third-order valence-electron chi connectivity index (χ3n) is 4.08. The molecule has 0 radical (unpaired) electrons. The molecular weight excluding hydrogens is 254 g/mol. The Bertz CT molecular complexity index is 514. The molecule has 20 heavy (non-hydrogen) atoms. The van der Waals surface area contributed by atoms with Crippen molar-refractivity contribution in [2.24, 2.45) is 5.92 Å². The number of carbonyl (C=O) groups excluding carboxylic acids is 1. The normalized spacial score (nSPS) is 25.4. The van der Waals surface area contributed by atoms with Crippen LogP contribution in [-0.4, -0.2) is 31.7 Å². The minimum atomic E-state index is -0.102. The van der Waals surface area contributed by atoms with Crippen molar-refractivity contribution in [2.75, 3.05) is 24.7 Å². The van der Waals surface area contributed by atoms with E-state index in [0.29, 0.717) is 17.2 Å². The van der Waals surface area contributed by atoms with E-state index < -0.39 is 0 Å². The van der Waals surface area contributed by atoms with Crippen LogP contribution in [0.25, 0.3) is 0 Å². The van der Waals surface area contributed by atoms with Gasteiger partial charge in [-0.15, -0.1) is 0 Å². The predicted octanol–water partition coefficient (Wildman–Crippen LogP) is 1.61. The van der Waals surface area contributed by atoms with E-state index in [9.17, 15) is 4.79 Å². The molecule has 1 saturated carbocycles. The summed E-state index contributed by atoms with van der Waals surface area (Å²) in [6, 6.07) is 5.61. The molecule has 0 spiro atoms. The fraction of sp³-hybridized carbons (Fsp3) is 0.533. The van der Waals surface area contributed by atoms with Gasteiger partial charge in [0.2, 0.25) is 0 Å². The summed E-state index contributed by atoms with van der Waals surface area (Å²) in [6.07, 6.45) is 3.75. The lowest BCUT2D eigenvalue weighted by Gasteiger charge is -2.22. The molecule has 1 aliphatic carbocycles. The Morgan fingerprint density at radius 1 is 1.35 bits per heavy atom. The van der Waals surface area contributed by atoms with Crippen LogP contribution >= 0.6 is 0 Å². The van der Waals surface area contributed by atoms with Crippen molar-refractivity contribution in [3.05, 3.63) is 23.8 Å². The molecule has 2 aliphatic rings. The number of hydrogen-bond acceptors (Lipinski definition) is 4. The van der Waals surface area contributed by atoms with E-state index in [1.54, 1.807) is 19.2 Å². The Morgan fingerprint density at radius 2 is 2.15 bits per heavy atom. The summed E-state index contributed by atoms with van der Waals surface area (Å²) in [4.78, 5) is 11.9. The first-order valence-electron chi connectivity index (χ1n) is 7.19. The zero-order chi connectivity index (χ0) is 14.1. The molecule has 2 unspecified atom stereocenters. The topological polar surface area (TPSA) is 76.4 Å². The fourth-order valence-electron chi connectivity index (χ4n) is 2.87. The molecule has 108 valence electrons. The third-order valence-corrected chi connectivity index (χ3v) is 4.08. The first-order chi connectivity index (χ1) is 9.69. The van der Waals surface area contributed by atoms with E-state index in [-0.39, 0.29) is 18.1 Å². The zero-order valence-electron chi connectivity index (χ0n) is 11.7. The predicted molar refractivity (Wildman–Crippen MR) is 78.7 cm³/mol. The molecule has 1 amide bonds. The summed E-state index contributed by atoms with van der Waals surface area (Å²) in [5, 5.41) is 6.13. The highest BCUT2D eigenvalue weighted by Crippen LogP contribution is 2.40. The zero-order valence-corrected chi connectivity index (χ0v) is 11.7. The van der Waals surface area contributed by atoms with Crippen LogP contribution in [-0.2, 0) is 4.74 Å². The van der Waals surface area contributed by atoms with Gasteiger partial charge >= 0.3 is 0 Å². The summed E-state index contributed by atoms with van der Waals surface area (Å²) >= 11 is 0. The Kier molecular flexibility index (Phi) is 3.53. The SMILES string of the molecule is CNC(=O)c1ccc(N)cc1NC1CCOC1C1CC1. The van der Waals surface area contributed by atoms with Crippen LogP contribution in [0.1, 0.15) is 29.6 Å². The summed E-state index contributed by atoms with van der Waals surface area (Å²) in [7, 11) is 1.63. The van der Waals surface area contributed by atoms with E-state index in [0.717, 1.165) is 18.7 Å². The number of amides is 1. The van der Waals surface area contributed by atoms with Gasteiger partial charge in [0.25, 0.3) is 5.91 Å². The monoisotopic (exact) mass is 275 g/mol. The van der Waals surface area contributed by atoms with Gasteiger partial charge in [0.05, 0.1) is 17.7 Å². The lowest BCUT2D eigenvalue weighted by Crippen LogP contribution is -2.32. The molecule has 1 aliphatic heterocycles. The van der Waals surface area contributed by atoms with Crippen LogP contribution in [0.3, 0.4) is 0 Å². The van der Waals surface area contributed by atoms with Gasteiger partial charge in [0.15, 0.2) is 0 Å². The van der Waals surface area contributed by atoms with Crippen molar-refractivity contribution in [1.29, 1.82) is 0 Å². The van der Waals surface area contributed by atoms with E-state index in [4.69, 9.17) is 10.5 Å². The number of hydrogen-bond donors (Lipinski definition) is 3. The minimum Gasteiger partial charge on any atom is -0.399 e. The van der Waals surface area contributed by atoms with Crippen LogP contribution < -0.4 is 16.4 Å². The fourth-order valence-corrected chi connectivity index (χ4v) is 2.87. The second-order valence-electron chi connectivity index (χ2n) is 5.60. The van der Waals surface area contributed by atoms with E-state index >= 15 is 0 Å². The average molecular weight is 275 g/mol. The van der Waals surface area contributed by atoms with E-state index in [1.807, 2.05) is 6.07 Å². The van der Waals surface area contributed by atoms with Gasteiger partial charge in [0.1, 0.15) is 0 Å². The third kappa shape index (κ3) is 2.58. The summed E-state index contributed by atoms with van der Waals surface area (Å²) in [5.74, 6) is 0.578. The highest BCUT2D eigenvalue weighted by molar-refractivity contribution is 6.00. The molecule has 1 saturated heterocycles.